The van der Waals surface area contributed by atoms with Gasteiger partial charge in [0.25, 0.3) is 10.1 Å². The first-order chi connectivity index (χ1) is 12.8. The molecule has 2 aromatic carbocycles. The van der Waals surface area contributed by atoms with Crippen LogP contribution in [0.2, 0.25) is 0 Å². The first kappa shape index (κ1) is 19.9. The summed E-state index contributed by atoms with van der Waals surface area (Å²) in [5, 5.41) is 0. The fourth-order valence-corrected chi connectivity index (χ4v) is 4.65. The van der Waals surface area contributed by atoms with Crippen LogP contribution in [0.3, 0.4) is 0 Å². The van der Waals surface area contributed by atoms with Gasteiger partial charge in [-0.1, -0.05) is 29.8 Å². The molecule has 0 radical (unpaired) electrons. The van der Waals surface area contributed by atoms with Crippen molar-refractivity contribution in [1.82, 2.24) is 0 Å². The summed E-state index contributed by atoms with van der Waals surface area (Å²) in [5.41, 5.74) is 2.31. The maximum atomic E-state index is 12.5. The van der Waals surface area contributed by atoms with Gasteiger partial charge in [-0.05, 0) is 82.2 Å². The van der Waals surface area contributed by atoms with Gasteiger partial charge in [0.2, 0.25) is 0 Å². The third-order valence-corrected chi connectivity index (χ3v) is 6.34. The molecule has 0 N–H and O–H groups in total. The average Bonchev–Trinajstić information content (AvgIpc) is 2.63. The second kappa shape index (κ2) is 8.44. The molecule has 0 heterocycles. The summed E-state index contributed by atoms with van der Waals surface area (Å²) in [4.78, 5) is 0.232. The summed E-state index contributed by atoms with van der Waals surface area (Å²) >= 11 is 0. The highest BCUT2D eigenvalue weighted by atomic mass is 32.2. The predicted molar refractivity (Wildman–Crippen MR) is 107 cm³/mol. The van der Waals surface area contributed by atoms with E-state index >= 15 is 0 Å². The number of aryl methyl sites for hydroxylation is 1. The Morgan fingerprint density at radius 1 is 0.889 bits per heavy atom. The van der Waals surface area contributed by atoms with E-state index in [9.17, 15) is 8.42 Å². The van der Waals surface area contributed by atoms with Crippen molar-refractivity contribution in [2.24, 2.45) is 0 Å². The Labute approximate surface area is 162 Å². The maximum absolute atomic E-state index is 12.5. The van der Waals surface area contributed by atoms with Crippen LogP contribution in [0.25, 0.3) is 0 Å². The lowest BCUT2D eigenvalue weighted by molar-refractivity contribution is 0.153. The van der Waals surface area contributed by atoms with E-state index < -0.39 is 10.1 Å². The molecule has 0 aromatic heterocycles. The molecule has 0 spiro atoms. The Balaban J connectivity index is 1.56. The van der Waals surface area contributed by atoms with Crippen LogP contribution < -0.4 is 4.74 Å². The Kier molecular flexibility index (Phi) is 6.22. The maximum Gasteiger partial charge on any atom is 0.297 e. The lowest BCUT2D eigenvalue weighted by atomic mass is 9.83. The molecule has 1 aliphatic rings. The summed E-state index contributed by atoms with van der Waals surface area (Å²) in [6.45, 7) is 5.96. The molecule has 3 rings (SSSR count). The molecule has 0 amide bonds. The van der Waals surface area contributed by atoms with Gasteiger partial charge in [-0.3, -0.25) is 4.18 Å². The highest BCUT2D eigenvalue weighted by molar-refractivity contribution is 7.86. The molecule has 1 fully saturated rings. The van der Waals surface area contributed by atoms with E-state index in [0.717, 1.165) is 37.0 Å². The number of hydrogen-bond donors (Lipinski definition) is 0. The lowest BCUT2D eigenvalue weighted by Crippen LogP contribution is -2.24. The van der Waals surface area contributed by atoms with Gasteiger partial charge in [-0.2, -0.15) is 8.42 Å². The molecule has 0 saturated heterocycles. The minimum atomic E-state index is -3.69. The topological polar surface area (TPSA) is 52.6 Å². The smallest absolute Gasteiger partial charge is 0.297 e. The quantitative estimate of drug-likeness (QED) is 0.637. The molecule has 0 aliphatic heterocycles. The van der Waals surface area contributed by atoms with Crippen molar-refractivity contribution >= 4 is 10.1 Å². The van der Waals surface area contributed by atoms with Crippen molar-refractivity contribution in [3.05, 3.63) is 59.7 Å². The molecule has 2 aromatic rings. The molecular formula is C22H28O4S. The van der Waals surface area contributed by atoms with Crippen molar-refractivity contribution in [1.29, 1.82) is 0 Å². The molecule has 5 heteroatoms. The zero-order valence-corrected chi connectivity index (χ0v) is 17.0. The molecule has 0 atom stereocenters. The molecule has 0 unspecified atom stereocenters. The van der Waals surface area contributed by atoms with Crippen LogP contribution in [-0.4, -0.2) is 20.6 Å². The van der Waals surface area contributed by atoms with Crippen molar-refractivity contribution in [3.8, 4) is 5.75 Å². The number of benzene rings is 2. The number of ether oxygens (including phenoxy) is 1. The van der Waals surface area contributed by atoms with Crippen molar-refractivity contribution in [2.75, 3.05) is 0 Å². The second-order valence-electron chi connectivity index (χ2n) is 7.57. The molecule has 1 aliphatic carbocycles. The van der Waals surface area contributed by atoms with E-state index in [2.05, 4.69) is 12.1 Å². The highest BCUT2D eigenvalue weighted by Crippen LogP contribution is 2.35. The summed E-state index contributed by atoms with van der Waals surface area (Å²) in [5.74, 6) is 1.33. The second-order valence-corrected chi connectivity index (χ2v) is 9.14. The fraction of sp³-hybridized carbons (Fsp3) is 0.455. The first-order valence-electron chi connectivity index (χ1n) is 9.60. The van der Waals surface area contributed by atoms with E-state index in [4.69, 9.17) is 8.92 Å². The van der Waals surface area contributed by atoms with Gasteiger partial charge in [0.1, 0.15) is 5.75 Å². The third kappa shape index (κ3) is 5.33. The van der Waals surface area contributed by atoms with Crippen LogP contribution in [-0.2, 0) is 14.3 Å². The van der Waals surface area contributed by atoms with E-state index in [-0.39, 0.29) is 17.1 Å². The predicted octanol–water partition coefficient (Wildman–Crippen LogP) is 5.21. The Hall–Kier alpha value is -1.85. The van der Waals surface area contributed by atoms with Gasteiger partial charge < -0.3 is 4.74 Å². The van der Waals surface area contributed by atoms with E-state index in [0.29, 0.717) is 5.92 Å². The Morgan fingerprint density at radius 2 is 1.48 bits per heavy atom. The summed E-state index contributed by atoms with van der Waals surface area (Å²) < 4.78 is 36.1. The van der Waals surface area contributed by atoms with Crippen LogP contribution in [0.15, 0.2) is 53.4 Å². The van der Waals surface area contributed by atoms with Crippen LogP contribution in [0.1, 0.15) is 56.6 Å². The van der Waals surface area contributed by atoms with Gasteiger partial charge in [-0.15, -0.1) is 0 Å². The van der Waals surface area contributed by atoms with Crippen LogP contribution in [0, 0.1) is 6.92 Å². The van der Waals surface area contributed by atoms with Crippen molar-refractivity contribution in [2.45, 2.75) is 69.5 Å². The number of hydrogen-bond acceptors (Lipinski definition) is 4. The van der Waals surface area contributed by atoms with Crippen molar-refractivity contribution in [3.63, 3.8) is 0 Å². The third-order valence-electron chi connectivity index (χ3n) is 4.97. The first-order valence-corrected chi connectivity index (χ1v) is 11.0. The zero-order chi connectivity index (χ0) is 19.4. The average molecular weight is 389 g/mol. The minimum absolute atomic E-state index is 0.166. The standard InChI is InChI=1S/C22H28O4S/c1-16(2)25-20-10-6-18(7-11-20)19-8-12-21(13-9-19)26-27(23,24)22-14-4-17(3)5-15-22/h4-7,10-11,14-16,19,21H,8-9,12-13H2,1-3H3/t19-,21-. The van der Waals surface area contributed by atoms with Gasteiger partial charge in [-0.25, -0.2) is 0 Å². The zero-order valence-electron chi connectivity index (χ0n) is 16.2. The van der Waals surface area contributed by atoms with Gasteiger partial charge in [0, 0.05) is 0 Å². The van der Waals surface area contributed by atoms with Crippen LogP contribution in [0.5, 0.6) is 5.75 Å². The highest BCUT2D eigenvalue weighted by Gasteiger charge is 2.27. The largest absolute Gasteiger partial charge is 0.491 e. The molecule has 27 heavy (non-hydrogen) atoms. The number of rotatable bonds is 6. The normalized spacial score (nSPS) is 20.6. The van der Waals surface area contributed by atoms with Crippen molar-refractivity contribution < 1.29 is 17.3 Å². The monoisotopic (exact) mass is 388 g/mol. The summed E-state index contributed by atoms with van der Waals surface area (Å²) in [6, 6.07) is 15.1. The molecular weight excluding hydrogens is 360 g/mol. The molecule has 4 nitrogen and oxygen atoms in total. The van der Waals surface area contributed by atoms with Crippen LogP contribution >= 0.6 is 0 Å². The van der Waals surface area contributed by atoms with Gasteiger partial charge in [0.05, 0.1) is 17.1 Å². The molecule has 146 valence electrons. The SMILES string of the molecule is Cc1ccc(S(=O)(=O)O[C@H]2CC[C@H](c3ccc(OC(C)C)cc3)CC2)cc1. The van der Waals surface area contributed by atoms with E-state index in [1.165, 1.54) is 5.56 Å². The lowest BCUT2D eigenvalue weighted by Gasteiger charge is -2.28. The van der Waals surface area contributed by atoms with E-state index in [1.54, 1.807) is 24.3 Å². The minimum Gasteiger partial charge on any atom is -0.491 e. The summed E-state index contributed by atoms with van der Waals surface area (Å²) in [6.07, 6.45) is 3.28. The fourth-order valence-electron chi connectivity index (χ4n) is 3.52. The van der Waals surface area contributed by atoms with Gasteiger partial charge >= 0.3 is 0 Å². The van der Waals surface area contributed by atoms with Gasteiger partial charge in [0.15, 0.2) is 0 Å². The summed E-state index contributed by atoms with van der Waals surface area (Å²) in [7, 11) is -3.69. The van der Waals surface area contributed by atoms with E-state index in [1.807, 2.05) is 32.9 Å². The Bertz CT molecular complexity index is 831. The van der Waals surface area contributed by atoms with Crippen LogP contribution in [0.4, 0.5) is 0 Å². The molecule has 0 bridgehead atoms. The Morgan fingerprint density at radius 3 is 2.04 bits per heavy atom. The molecule has 1 saturated carbocycles.